The quantitative estimate of drug-likeness (QED) is 0.647. The first kappa shape index (κ1) is 18.4. The van der Waals surface area contributed by atoms with Crippen LogP contribution in [-0.4, -0.2) is 27.5 Å². The van der Waals surface area contributed by atoms with Gasteiger partial charge in [-0.05, 0) is 39.3 Å². The Bertz CT molecular complexity index is 813. The first-order valence-corrected chi connectivity index (χ1v) is 8.16. The molecule has 6 heteroatoms. The van der Waals surface area contributed by atoms with E-state index >= 15 is 0 Å². The summed E-state index contributed by atoms with van der Waals surface area (Å²) < 4.78 is 1.89. The first-order chi connectivity index (χ1) is 11.8. The molecule has 0 saturated heterocycles. The van der Waals surface area contributed by atoms with Crippen LogP contribution in [0.2, 0.25) is 0 Å². The molecular formula is C19H22N4O2. The topological polar surface area (TPSA) is 87.8 Å². The number of nitriles is 1. The Morgan fingerprint density at radius 3 is 2.36 bits per heavy atom. The minimum absolute atomic E-state index is 0.126. The summed E-state index contributed by atoms with van der Waals surface area (Å²) in [6.45, 7) is 8.09. The highest BCUT2D eigenvalue weighted by molar-refractivity contribution is 6.12. The maximum atomic E-state index is 12.4. The van der Waals surface area contributed by atoms with E-state index in [-0.39, 0.29) is 6.04 Å². The molecule has 2 aromatic rings. The van der Waals surface area contributed by atoms with E-state index in [0.29, 0.717) is 12.1 Å². The lowest BCUT2D eigenvalue weighted by Crippen LogP contribution is -2.38. The van der Waals surface area contributed by atoms with E-state index in [1.165, 1.54) is 0 Å². The number of hydrogen-bond acceptors (Lipinski definition) is 4. The zero-order valence-corrected chi connectivity index (χ0v) is 14.9. The Kier molecular flexibility index (Phi) is 5.71. The summed E-state index contributed by atoms with van der Waals surface area (Å²) in [6.07, 6.45) is 0. The van der Waals surface area contributed by atoms with Crippen molar-refractivity contribution in [3.8, 4) is 6.07 Å². The molecule has 130 valence electrons. The Labute approximate surface area is 147 Å². The van der Waals surface area contributed by atoms with Gasteiger partial charge in [0.25, 0.3) is 0 Å². The molecule has 0 unspecified atom stereocenters. The third kappa shape index (κ3) is 4.54. The van der Waals surface area contributed by atoms with Gasteiger partial charge in [-0.1, -0.05) is 24.3 Å². The molecule has 0 aliphatic carbocycles. The number of nitrogens with zero attached hydrogens (tertiary/aromatic N) is 3. The van der Waals surface area contributed by atoms with Crippen LogP contribution < -0.4 is 5.32 Å². The molecule has 6 nitrogen and oxygen atoms in total. The molecule has 25 heavy (non-hydrogen) atoms. The fraction of sp³-hybridized carbons (Fsp3) is 0.368. The molecule has 1 N–H and O–H groups in total. The normalized spacial score (nSPS) is 11.8. The second kappa shape index (κ2) is 7.75. The maximum Gasteiger partial charge on any atom is 0.245 e. The SMILES string of the molecule is Cc1cc(C)n(Cc2ccc(C(=O)[C@@H](C#N)C(=O)NC(C)C)cc2)n1. The summed E-state index contributed by atoms with van der Waals surface area (Å²) in [4.78, 5) is 24.4. The van der Waals surface area contributed by atoms with Gasteiger partial charge in [0.1, 0.15) is 0 Å². The third-order valence-corrected chi connectivity index (χ3v) is 3.76. The average Bonchev–Trinajstić information content (AvgIpc) is 2.85. The van der Waals surface area contributed by atoms with Crippen molar-refractivity contribution in [2.45, 2.75) is 40.3 Å². The van der Waals surface area contributed by atoms with Crippen molar-refractivity contribution < 1.29 is 9.59 Å². The molecule has 1 atom stereocenters. The largest absolute Gasteiger partial charge is 0.352 e. The molecule has 0 fully saturated rings. The van der Waals surface area contributed by atoms with E-state index in [4.69, 9.17) is 0 Å². The van der Waals surface area contributed by atoms with E-state index < -0.39 is 17.6 Å². The molecule has 0 saturated carbocycles. The van der Waals surface area contributed by atoms with Crippen molar-refractivity contribution in [1.29, 1.82) is 5.26 Å². The number of hydrogen-bond donors (Lipinski definition) is 1. The van der Waals surface area contributed by atoms with Crippen LogP contribution in [0.25, 0.3) is 0 Å². The molecule has 1 heterocycles. The number of aromatic nitrogens is 2. The summed E-state index contributed by atoms with van der Waals surface area (Å²) in [5.41, 5.74) is 3.36. The molecule has 1 aromatic carbocycles. The Morgan fingerprint density at radius 1 is 1.24 bits per heavy atom. The van der Waals surface area contributed by atoms with Crippen LogP contribution in [0.1, 0.15) is 41.2 Å². The number of rotatable bonds is 6. The maximum absolute atomic E-state index is 12.4. The van der Waals surface area contributed by atoms with Crippen molar-refractivity contribution in [2.24, 2.45) is 5.92 Å². The van der Waals surface area contributed by atoms with Gasteiger partial charge < -0.3 is 5.32 Å². The molecular weight excluding hydrogens is 316 g/mol. The Morgan fingerprint density at radius 2 is 1.88 bits per heavy atom. The van der Waals surface area contributed by atoms with E-state index in [1.54, 1.807) is 32.0 Å². The van der Waals surface area contributed by atoms with Gasteiger partial charge in [0.2, 0.25) is 5.91 Å². The smallest absolute Gasteiger partial charge is 0.245 e. The van der Waals surface area contributed by atoms with Crippen LogP contribution in [0.3, 0.4) is 0 Å². The van der Waals surface area contributed by atoms with Gasteiger partial charge in [-0.2, -0.15) is 10.4 Å². The van der Waals surface area contributed by atoms with E-state index in [9.17, 15) is 14.9 Å². The predicted molar refractivity (Wildman–Crippen MR) is 94.0 cm³/mol. The summed E-state index contributed by atoms with van der Waals surface area (Å²) in [5, 5.41) is 16.2. The van der Waals surface area contributed by atoms with Crippen LogP contribution in [0.5, 0.6) is 0 Å². The number of Topliss-reactive ketones (excluding diaryl/α,β-unsaturated/α-hetero) is 1. The lowest BCUT2D eigenvalue weighted by atomic mass is 9.97. The average molecular weight is 338 g/mol. The highest BCUT2D eigenvalue weighted by atomic mass is 16.2. The van der Waals surface area contributed by atoms with E-state index in [0.717, 1.165) is 17.0 Å². The molecule has 0 spiro atoms. The van der Waals surface area contributed by atoms with Gasteiger partial charge in [-0.15, -0.1) is 0 Å². The van der Waals surface area contributed by atoms with Gasteiger partial charge in [0.15, 0.2) is 11.7 Å². The van der Waals surface area contributed by atoms with Crippen molar-refractivity contribution in [1.82, 2.24) is 15.1 Å². The molecule has 0 bridgehead atoms. The summed E-state index contributed by atoms with van der Waals surface area (Å²) in [6, 6.07) is 10.6. The molecule has 1 amide bonds. The zero-order valence-electron chi connectivity index (χ0n) is 14.9. The third-order valence-electron chi connectivity index (χ3n) is 3.76. The van der Waals surface area contributed by atoms with Gasteiger partial charge in [-0.25, -0.2) is 0 Å². The van der Waals surface area contributed by atoms with Crippen molar-refractivity contribution in [3.05, 3.63) is 52.8 Å². The van der Waals surface area contributed by atoms with Gasteiger partial charge in [0, 0.05) is 17.3 Å². The second-order valence-corrected chi connectivity index (χ2v) is 6.37. The van der Waals surface area contributed by atoms with Gasteiger partial charge >= 0.3 is 0 Å². The minimum Gasteiger partial charge on any atom is -0.352 e. The monoisotopic (exact) mass is 338 g/mol. The number of nitrogens with one attached hydrogen (secondary N) is 1. The van der Waals surface area contributed by atoms with Crippen molar-refractivity contribution in [3.63, 3.8) is 0 Å². The predicted octanol–water partition coefficient (Wildman–Crippen LogP) is 2.40. The van der Waals surface area contributed by atoms with Crippen LogP contribution in [0.15, 0.2) is 30.3 Å². The standard InChI is InChI=1S/C19H22N4O2/c1-12(2)21-19(25)17(10-20)18(24)16-7-5-15(6-8-16)11-23-14(4)9-13(3)22-23/h5-9,12,17H,11H2,1-4H3,(H,21,25)/t17-/m1/s1. The highest BCUT2D eigenvalue weighted by Crippen LogP contribution is 2.13. The number of amides is 1. The molecule has 2 rings (SSSR count). The highest BCUT2D eigenvalue weighted by Gasteiger charge is 2.27. The van der Waals surface area contributed by atoms with Crippen LogP contribution in [-0.2, 0) is 11.3 Å². The number of carbonyl (C=O) groups excluding carboxylic acids is 2. The summed E-state index contributed by atoms with van der Waals surface area (Å²) in [5.74, 6) is -2.38. The fourth-order valence-corrected chi connectivity index (χ4v) is 2.55. The minimum atomic E-state index is -1.33. The molecule has 0 radical (unpaired) electrons. The lowest BCUT2D eigenvalue weighted by molar-refractivity contribution is -0.122. The van der Waals surface area contributed by atoms with Gasteiger partial charge in [0.05, 0.1) is 18.3 Å². The van der Waals surface area contributed by atoms with Crippen LogP contribution in [0.4, 0.5) is 0 Å². The summed E-state index contributed by atoms with van der Waals surface area (Å²) >= 11 is 0. The number of carbonyl (C=O) groups is 2. The fourth-order valence-electron chi connectivity index (χ4n) is 2.55. The van der Waals surface area contributed by atoms with Crippen LogP contribution in [0, 0.1) is 31.1 Å². The van der Waals surface area contributed by atoms with Crippen LogP contribution >= 0.6 is 0 Å². The molecule has 0 aliphatic heterocycles. The lowest BCUT2D eigenvalue weighted by Gasteiger charge is -2.12. The van der Waals surface area contributed by atoms with Crippen molar-refractivity contribution >= 4 is 11.7 Å². The first-order valence-electron chi connectivity index (χ1n) is 8.16. The van der Waals surface area contributed by atoms with Gasteiger partial charge in [-0.3, -0.25) is 14.3 Å². The van der Waals surface area contributed by atoms with Crippen molar-refractivity contribution in [2.75, 3.05) is 0 Å². The zero-order chi connectivity index (χ0) is 18.6. The Hall–Kier alpha value is -2.94. The number of ketones is 1. The summed E-state index contributed by atoms with van der Waals surface area (Å²) in [7, 11) is 0. The van der Waals surface area contributed by atoms with E-state index in [2.05, 4.69) is 10.4 Å². The van der Waals surface area contributed by atoms with E-state index in [1.807, 2.05) is 36.7 Å². The number of aryl methyl sites for hydroxylation is 2. The molecule has 1 aromatic heterocycles. The second-order valence-electron chi connectivity index (χ2n) is 6.37. The Balaban J connectivity index is 2.13. The number of benzene rings is 1. The molecule has 0 aliphatic rings.